The van der Waals surface area contributed by atoms with Crippen LogP contribution in [0.1, 0.15) is 57.4 Å². The van der Waals surface area contributed by atoms with Crippen LogP contribution in [0.5, 0.6) is 0 Å². The standard InChI is InChI=1S/C28H31N5O4/c1-28(2,3)33(4)32-25(34)18-12-15-21(23(16-18)27(36)37-5)20-8-6-7-9-22(20)26(35)31-19-13-10-17(11-14-19)24(29)30/h6-16H,1-5H3,(H3,29,30)(H,31,35)(H,32,34). The number of methoxy groups -OCH3 is 1. The molecule has 0 spiro atoms. The highest BCUT2D eigenvalue weighted by Gasteiger charge is 2.23. The monoisotopic (exact) mass is 501 g/mol. The largest absolute Gasteiger partial charge is 0.465 e. The first-order chi connectivity index (χ1) is 17.4. The van der Waals surface area contributed by atoms with Crippen molar-refractivity contribution in [3.63, 3.8) is 0 Å². The van der Waals surface area contributed by atoms with Crippen molar-refractivity contribution in [1.29, 1.82) is 5.41 Å². The topological polar surface area (TPSA) is 138 Å². The molecular formula is C28H31N5O4. The number of nitrogens with one attached hydrogen (secondary N) is 3. The number of nitrogens with zero attached hydrogens (tertiary/aromatic N) is 1. The van der Waals surface area contributed by atoms with Gasteiger partial charge in [-0.3, -0.25) is 20.4 Å². The van der Waals surface area contributed by atoms with Gasteiger partial charge in [-0.1, -0.05) is 24.3 Å². The molecule has 0 radical (unpaired) electrons. The molecule has 9 heteroatoms. The molecule has 0 unspecified atom stereocenters. The molecule has 3 aromatic rings. The van der Waals surface area contributed by atoms with Gasteiger partial charge in [-0.05, 0) is 74.4 Å². The highest BCUT2D eigenvalue weighted by Crippen LogP contribution is 2.29. The Balaban J connectivity index is 1.98. The Morgan fingerprint density at radius 3 is 2.05 bits per heavy atom. The number of nitrogens with two attached hydrogens (primary N) is 1. The second kappa shape index (κ2) is 11.0. The van der Waals surface area contributed by atoms with E-state index < -0.39 is 11.9 Å². The normalized spacial score (nSPS) is 11.1. The number of nitrogen functional groups attached to an aromatic ring is 1. The van der Waals surface area contributed by atoms with Crippen LogP contribution in [-0.2, 0) is 4.74 Å². The minimum absolute atomic E-state index is 0.0688. The molecule has 0 aliphatic carbocycles. The molecule has 192 valence electrons. The molecule has 0 aromatic heterocycles. The predicted molar refractivity (Wildman–Crippen MR) is 144 cm³/mol. The smallest absolute Gasteiger partial charge is 0.338 e. The third-order valence-electron chi connectivity index (χ3n) is 5.88. The first-order valence-electron chi connectivity index (χ1n) is 11.5. The van der Waals surface area contributed by atoms with Gasteiger partial charge in [-0.15, -0.1) is 0 Å². The summed E-state index contributed by atoms with van der Waals surface area (Å²) in [6.07, 6.45) is 0. The highest BCUT2D eigenvalue weighted by molar-refractivity contribution is 6.11. The van der Waals surface area contributed by atoms with Gasteiger partial charge in [-0.25, -0.2) is 9.80 Å². The fraction of sp³-hybridized carbons (Fsp3) is 0.214. The molecule has 0 aliphatic rings. The predicted octanol–water partition coefficient (Wildman–Crippen LogP) is 4.05. The van der Waals surface area contributed by atoms with Crippen molar-refractivity contribution in [3.8, 4) is 11.1 Å². The average molecular weight is 502 g/mol. The van der Waals surface area contributed by atoms with Crippen molar-refractivity contribution in [1.82, 2.24) is 10.4 Å². The average Bonchev–Trinajstić information content (AvgIpc) is 2.87. The molecular weight excluding hydrogens is 470 g/mol. The van der Waals surface area contributed by atoms with E-state index >= 15 is 0 Å². The number of carbonyl (C=O) groups excluding carboxylic acids is 3. The molecule has 0 atom stereocenters. The third kappa shape index (κ3) is 6.39. The van der Waals surface area contributed by atoms with E-state index in [1.807, 2.05) is 20.8 Å². The molecule has 0 bridgehead atoms. The van der Waals surface area contributed by atoms with Crippen LogP contribution < -0.4 is 16.5 Å². The van der Waals surface area contributed by atoms with Gasteiger partial charge in [0, 0.05) is 35.0 Å². The second-order valence-electron chi connectivity index (χ2n) is 9.41. The number of hydrazine groups is 1. The van der Waals surface area contributed by atoms with E-state index in [9.17, 15) is 14.4 Å². The minimum Gasteiger partial charge on any atom is -0.465 e. The quantitative estimate of drug-likeness (QED) is 0.167. The molecule has 0 heterocycles. The maximum atomic E-state index is 13.2. The Bertz CT molecular complexity index is 1340. The van der Waals surface area contributed by atoms with Crippen LogP contribution in [0.25, 0.3) is 11.1 Å². The summed E-state index contributed by atoms with van der Waals surface area (Å²) in [6, 6.07) is 18.1. The van der Waals surface area contributed by atoms with E-state index in [2.05, 4.69) is 10.7 Å². The number of amidine groups is 1. The Hall–Kier alpha value is -4.50. The fourth-order valence-electron chi connectivity index (χ4n) is 3.43. The zero-order valence-corrected chi connectivity index (χ0v) is 21.5. The Morgan fingerprint density at radius 1 is 0.865 bits per heavy atom. The molecule has 0 saturated heterocycles. The summed E-state index contributed by atoms with van der Waals surface area (Å²) in [4.78, 5) is 38.8. The first kappa shape index (κ1) is 27.1. The summed E-state index contributed by atoms with van der Waals surface area (Å²) in [5.74, 6) is -1.48. The van der Waals surface area contributed by atoms with Crippen molar-refractivity contribution in [2.45, 2.75) is 26.3 Å². The van der Waals surface area contributed by atoms with E-state index in [1.54, 1.807) is 72.7 Å². The number of rotatable bonds is 7. The summed E-state index contributed by atoms with van der Waals surface area (Å²) in [7, 11) is 3.02. The van der Waals surface area contributed by atoms with Gasteiger partial charge in [0.2, 0.25) is 0 Å². The van der Waals surface area contributed by atoms with Gasteiger partial charge < -0.3 is 15.8 Å². The van der Waals surface area contributed by atoms with Crippen LogP contribution in [0.15, 0.2) is 66.7 Å². The zero-order chi connectivity index (χ0) is 27.3. The SMILES string of the molecule is COC(=O)c1cc(C(=O)NN(C)C(C)(C)C)ccc1-c1ccccc1C(=O)Nc1ccc(C(=N)N)cc1. The number of hydrogen-bond donors (Lipinski definition) is 4. The summed E-state index contributed by atoms with van der Waals surface area (Å²) < 4.78 is 4.99. The van der Waals surface area contributed by atoms with Gasteiger partial charge in [0.05, 0.1) is 12.7 Å². The first-order valence-corrected chi connectivity index (χ1v) is 11.5. The number of carbonyl (C=O) groups is 3. The fourth-order valence-corrected chi connectivity index (χ4v) is 3.43. The van der Waals surface area contributed by atoms with Crippen molar-refractivity contribution in [2.75, 3.05) is 19.5 Å². The molecule has 0 fully saturated rings. The van der Waals surface area contributed by atoms with Gasteiger partial charge >= 0.3 is 5.97 Å². The maximum Gasteiger partial charge on any atom is 0.338 e. The Morgan fingerprint density at radius 2 is 1.46 bits per heavy atom. The van der Waals surface area contributed by atoms with E-state index in [1.165, 1.54) is 13.2 Å². The maximum absolute atomic E-state index is 13.2. The second-order valence-corrected chi connectivity index (χ2v) is 9.41. The number of anilines is 1. The van der Waals surface area contributed by atoms with E-state index in [4.69, 9.17) is 15.9 Å². The molecule has 9 nitrogen and oxygen atoms in total. The number of ether oxygens (including phenoxy) is 1. The lowest BCUT2D eigenvalue weighted by Crippen LogP contribution is -2.50. The molecule has 3 aromatic carbocycles. The number of hydrogen-bond acceptors (Lipinski definition) is 6. The molecule has 3 rings (SSSR count). The molecule has 2 amide bonds. The molecule has 5 N–H and O–H groups in total. The Kier molecular flexibility index (Phi) is 8.09. The van der Waals surface area contributed by atoms with Gasteiger partial charge in [0.25, 0.3) is 11.8 Å². The van der Waals surface area contributed by atoms with Crippen LogP contribution in [0, 0.1) is 5.41 Å². The minimum atomic E-state index is -0.635. The van der Waals surface area contributed by atoms with Gasteiger partial charge in [0.1, 0.15) is 5.84 Å². The lowest BCUT2D eigenvalue weighted by molar-refractivity contribution is 0.0601. The van der Waals surface area contributed by atoms with E-state index in [0.29, 0.717) is 27.9 Å². The lowest BCUT2D eigenvalue weighted by Gasteiger charge is -2.31. The van der Waals surface area contributed by atoms with Crippen LogP contribution in [0.2, 0.25) is 0 Å². The van der Waals surface area contributed by atoms with Crippen LogP contribution in [-0.4, -0.2) is 48.3 Å². The molecule has 0 saturated carbocycles. The third-order valence-corrected chi connectivity index (χ3v) is 5.88. The van der Waals surface area contributed by atoms with Crippen molar-refractivity contribution >= 4 is 29.3 Å². The zero-order valence-electron chi connectivity index (χ0n) is 21.5. The van der Waals surface area contributed by atoms with Crippen LogP contribution >= 0.6 is 0 Å². The summed E-state index contributed by atoms with van der Waals surface area (Å²) in [5.41, 5.74) is 10.8. The van der Waals surface area contributed by atoms with Crippen molar-refractivity contribution in [3.05, 3.63) is 89.0 Å². The highest BCUT2D eigenvalue weighted by atomic mass is 16.5. The summed E-state index contributed by atoms with van der Waals surface area (Å²) >= 11 is 0. The summed E-state index contributed by atoms with van der Waals surface area (Å²) in [5, 5.41) is 12.0. The Labute approximate surface area is 216 Å². The van der Waals surface area contributed by atoms with Crippen molar-refractivity contribution in [2.24, 2.45) is 5.73 Å². The number of amides is 2. The van der Waals surface area contributed by atoms with Gasteiger partial charge in [-0.2, -0.15) is 0 Å². The molecule has 0 aliphatic heterocycles. The van der Waals surface area contributed by atoms with E-state index in [0.717, 1.165) is 0 Å². The number of benzene rings is 3. The van der Waals surface area contributed by atoms with Crippen LogP contribution in [0.3, 0.4) is 0 Å². The number of esters is 1. The summed E-state index contributed by atoms with van der Waals surface area (Å²) in [6.45, 7) is 5.86. The van der Waals surface area contributed by atoms with Gasteiger partial charge in [0.15, 0.2) is 0 Å². The van der Waals surface area contributed by atoms with E-state index in [-0.39, 0.29) is 28.4 Å². The van der Waals surface area contributed by atoms with Crippen LogP contribution in [0.4, 0.5) is 5.69 Å². The lowest BCUT2D eigenvalue weighted by atomic mass is 9.93. The van der Waals surface area contributed by atoms with Crippen molar-refractivity contribution < 1.29 is 19.1 Å². The molecule has 37 heavy (non-hydrogen) atoms.